The molecule has 6 nitrogen and oxygen atoms in total. The van der Waals surface area contributed by atoms with E-state index in [1.54, 1.807) is 12.1 Å². The van der Waals surface area contributed by atoms with Crippen molar-refractivity contribution in [1.29, 1.82) is 0 Å². The van der Waals surface area contributed by atoms with Crippen LogP contribution in [0.25, 0.3) is 0 Å². The number of methoxy groups -OCH3 is 1. The third-order valence-corrected chi connectivity index (χ3v) is 10.3. The van der Waals surface area contributed by atoms with E-state index in [1.165, 1.54) is 19.8 Å². The molecule has 0 N–H and O–H groups in total. The molecule has 0 aromatic heterocycles. The van der Waals surface area contributed by atoms with E-state index in [1.807, 2.05) is 31.4 Å². The molecule has 228 valence electrons. The molecule has 1 amide bonds. The first-order valence-corrected chi connectivity index (χ1v) is 16.1. The Morgan fingerprint density at radius 1 is 1.07 bits per heavy atom. The fourth-order valence-corrected chi connectivity index (χ4v) is 7.77. The lowest BCUT2D eigenvalue weighted by Crippen LogP contribution is -2.68. The van der Waals surface area contributed by atoms with E-state index in [4.69, 9.17) is 32.7 Å². The van der Waals surface area contributed by atoms with E-state index in [0.29, 0.717) is 28.3 Å². The highest BCUT2D eigenvalue weighted by Crippen LogP contribution is 2.55. The van der Waals surface area contributed by atoms with Gasteiger partial charge >= 0.3 is 5.97 Å². The van der Waals surface area contributed by atoms with Gasteiger partial charge in [-0.1, -0.05) is 55.2 Å². The van der Waals surface area contributed by atoms with Gasteiger partial charge in [-0.05, 0) is 92.3 Å². The van der Waals surface area contributed by atoms with Gasteiger partial charge in [0.25, 0.3) is 0 Å². The number of carbonyl (C=O) groups is 2. The number of likely N-dealkylation sites (tertiary alicyclic amines) is 1. The third kappa shape index (κ3) is 6.67. The van der Waals surface area contributed by atoms with Crippen LogP contribution in [0.15, 0.2) is 42.5 Å². The fraction of sp³-hybridized carbons (Fsp3) is 0.588. The lowest BCUT2D eigenvalue weighted by Gasteiger charge is -2.61. The first-order valence-electron chi connectivity index (χ1n) is 15.3. The summed E-state index contributed by atoms with van der Waals surface area (Å²) in [6.45, 7) is 9.41. The van der Waals surface area contributed by atoms with Crippen molar-refractivity contribution in [2.75, 3.05) is 33.3 Å². The van der Waals surface area contributed by atoms with Gasteiger partial charge in [-0.3, -0.25) is 9.59 Å². The Labute approximate surface area is 260 Å². The number of ether oxygens (including phenoxy) is 2. The van der Waals surface area contributed by atoms with Crippen LogP contribution in [-0.4, -0.2) is 66.6 Å². The van der Waals surface area contributed by atoms with Gasteiger partial charge in [0.05, 0.1) is 22.1 Å². The predicted octanol–water partition coefficient (Wildman–Crippen LogP) is 6.94. The van der Waals surface area contributed by atoms with E-state index < -0.39 is 5.60 Å². The second kappa shape index (κ2) is 12.9. The molecule has 0 radical (unpaired) electrons. The summed E-state index contributed by atoms with van der Waals surface area (Å²) >= 11 is 12.4. The number of benzene rings is 2. The number of amides is 1. The second-order valence-electron chi connectivity index (χ2n) is 13.1. The van der Waals surface area contributed by atoms with Crippen LogP contribution < -0.4 is 4.74 Å². The summed E-state index contributed by atoms with van der Waals surface area (Å²) in [4.78, 5) is 30.6. The molecule has 1 aliphatic heterocycles. The zero-order valence-electron chi connectivity index (χ0n) is 25.3. The Morgan fingerprint density at radius 2 is 1.86 bits per heavy atom. The van der Waals surface area contributed by atoms with Gasteiger partial charge in [0.2, 0.25) is 5.91 Å². The molecule has 5 rings (SSSR count). The van der Waals surface area contributed by atoms with Crippen molar-refractivity contribution < 1.29 is 19.1 Å². The van der Waals surface area contributed by atoms with Crippen LogP contribution in [0.4, 0.5) is 0 Å². The van der Waals surface area contributed by atoms with Crippen LogP contribution >= 0.6 is 23.2 Å². The van der Waals surface area contributed by atoms with Gasteiger partial charge < -0.3 is 19.3 Å². The van der Waals surface area contributed by atoms with Crippen LogP contribution in [-0.2, 0) is 26.2 Å². The fourth-order valence-electron chi connectivity index (χ4n) is 7.45. The maximum absolute atomic E-state index is 14.0. The number of hydrogen-bond donors (Lipinski definition) is 0. The number of nitrogens with zero attached hydrogens (tertiary/aromatic N) is 2. The van der Waals surface area contributed by atoms with Crippen molar-refractivity contribution in [1.82, 2.24) is 9.80 Å². The van der Waals surface area contributed by atoms with Gasteiger partial charge in [0, 0.05) is 45.1 Å². The zero-order valence-corrected chi connectivity index (χ0v) is 26.8. The molecule has 3 atom stereocenters. The molecule has 0 bridgehead atoms. The summed E-state index contributed by atoms with van der Waals surface area (Å²) in [5.41, 5.74) is 1.25. The number of piperidine rings is 1. The van der Waals surface area contributed by atoms with E-state index in [9.17, 15) is 9.59 Å². The average molecular weight is 616 g/mol. The Morgan fingerprint density at radius 3 is 2.52 bits per heavy atom. The molecule has 2 aliphatic carbocycles. The topological polar surface area (TPSA) is 59.1 Å². The highest BCUT2D eigenvalue weighted by Gasteiger charge is 2.60. The van der Waals surface area contributed by atoms with E-state index in [2.05, 4.69) is 29.7 Å². The SMILES string of the molecule is CO[C@]12CC[C@H](N(CC(C)C)C(=O)Cc3ccc(Cl)c(Cl)c3)C[C@]1(c1cccc(OC(C)=O)c1)CCN(CC1CC1)C2. The number of fused-ring (bicyclic) bond motifs is 1. The van der Waals surface area contributed by atoms with Crippen molar-refractivity contribution in [2.45, 2.75) is 82.8 Å². The molecule has 2 aromatic carbocycles. The minimum absolute atomic E-state index is 0.0540. The Hall–Kier alpha value is -2.12. The molecule has 3 aliphatic rings. The van der Waals surface area contributed by atoms with Gasteiger partial charge in [-0.15, -0.1) is 0 Å². The van der Waals surface area contributed by atoms with Gasteiger partial charge in [0.1, 0.15) is 5.75 Å². The van der Waals surface area contributed by atoms with Crippen LogP contribution in [0.2, 0.25) is 10.0 Å². The summed E-state index contributed by atoms with van der Waals surface area (Å²) in [5.74, 6) is 1.44. The summed E-state index contributed by atoms with van der Waals surface area (Å²) in [6, 6.07) is 13.5. The summed E-state index contributed by atoms with van der Waals surface area (Å²) in [5, 5.41) is 0.950. The van der Waals surface area contributed by atoms with Gasteiger partial charge in [-0.25, -0.2) is 0 Å². The molecular formula is C34H44Cl2N2O4. The molecule has 0 unspecified atom stereocenters. The molecule has 2 saturated carbocycles. The molecule has 0 spiro atoms. The van der Waals surface area contributed by atoms with Gasteiger partial charge in [0.15, 0.2) is 0 Å². The second-order valence-corrected chi connectivity index (χ2v) is 13.9. The molecular weight excluding hydrogens is 571 g/mol. The lowest BCUT2D eigenvalue weighted by molar-refractivity contribution is -0.162. The molecule has 8 heteroatoms. The highest BCUT2D eigenvalue weighted by atomic mass is 35.5. The first-order chi connectivity index (χ1) is 20.0. The van der Waals surface area contributed by atoms with E-state index in [0.717, 1.165) is 62.4 Å². The summed E-state index contributed by atoms with van der Waals surface area (Å²) in [6.07, 6.45) is 6.35. The molecule has 1 saturated heterocycles. The quantitative estimate of drug-likeness (QED) is 0.214. The lowest BCUT2D eigenvalue weighted by atomic mass is 9.55. The normalized spacial score (nSPS) is 26.1. The first kappa shape index (κ1) is 31.3. The molecule has 42 heavy (non-hydrogen) atoms. The standard InChI is InChI=1S/C34H44Cl2N2O4/c1-23(2)20-38(32(40)17-26-10-11-30(35)31(36)16-26)28-12-13-34(41-4)22-37(21-25-8-9-25)15-14-33(34,19-28)27-6-5-7-29(18-27)42-24(3)39/h5-7,10-11,16,18,23,25,28H,8-9,12-15,17,19-22H2,1-4H3/t28-,33-,34-/m0/s1. The number of esters is 1. The third-order valence-electron chi connectivity index (χ3n) is 9.59. The smallest absolute Gasteiger partial charge is 0.308 e. The number of rotatable bonds is 10. The monoisotopic (exact) mass is 614 g/mol. The van der Waals surface area contributed by atoms with Crippen LogP contribution in [0, 0.1) is 11.8 Å². The molecule has 3 fully saturated rings. The number of carbonyl (C=O) groups excluding carboxylic acids is 2. The van der Waals surface area contributed by atoms with Crippen LogP contribution in [0.3, 0.4) is 0 Å². The zero-order chi connectivity index (χ0) is 30.1. The van der Waals surface area contributed by atoms with Crippen molar-refractivity contribution in [2.24, 2.45) is 11.8 Å². The van der Waals surface area contributed by atoms with Crippen LogP contribution in [0.1, 0.15) is 70.4 Å². The van der Waals surface area contributed by atoms with Gasteiger partial charge in [-0.2, -0.15) is 0 Å². The minimum Gasteiger partial charge on any atom is -0.427 e. The molecule has 1 heterocycles. The maximum Gasteiger partial charge on any atom is 0.308 e. The Kier molecular flexibility index (Phi) is 9.58. The Bertz CT molecular complexity index is 1300. The predicted molar refractivity (Wildman–Crippen MR) is 167 cm³/mol. The van der Waals surface area contributed by atoms with E-state index in [-0.39, 0.29) is 29.8 Å². The van der Waals surface area contributed by atoms with Crippen molar-refractivity contribution in [3.63, 3.8) is 0 Å². The maximum atomic E-state index is 14.0. The average Bonchev–Trinajstić information content (AvgIpc) is 3.77. The number of halogens is 2. The van der Waals surface area contributed by atoms with Crippen LogP contribution in [0.5, 0.6) is 5.75 Å². The summed E-state index contributed by atoms with van der Waals surface area (Å²) in [7, 11) is 1.85. The Balaban J connectivity index is 1.49. The number of hydrogen-bond acceptors (Lipinski definition) is 5. The van der Waals surface area contributed by atoms with Crippen molar-refractivity contribution in [3.8, 4) is 5.75 Å². The van der Waals surface area contributed by atoms with Crippen molar-refractivity contribution in [3.05, 3.63) is 63.6 Å². The van der Waals surface area contributed by atoms with E-state index >= 15 is 0 Å². The largest absolute Gasteiger partial charge is 0.427 e. The molecule has 2 aromatic rings. The minimum atomic E-state index is -0.401. The highest BCUT2D eigenvalue weighted by molar-refractivity contribution is 6.42. The van der Waals surface area contributed by atoms with Crippen molar-refractivity contribution >= 4 is 35.1 Å². The summed E-state index contributed by atoms with van der Waals surface area (Å²) < 4.78 is 12.1.